The number of anilines is 1. The summed E-state index contributed by atoms with van der Waals surface area (Å²) in [6, 6.07) is 12.0. The molecule has 0 saturated heterocycles. The van der Waals surface area contributed by atoms with Crippen molar-refractivity contribution in [3.63, 3.8) is 0 Å². The molecule has 1 amide bonds. The van der Waals surface area contributed by atoms with Gasteiger partial charge in [0.25, 0.3) is 0 Å². The summed E-state index contributed by atoms with van der Waals surface area (Å²) in [4.78, 5) is 16.6. The first-order valence-corrected chi connectivity index (χ1v) is 9.64. The van der Waals surface area contributed by atoms with Crippen LogP contribution in [0.5, 0.6) is 17.2 Å². The van der Waals surface area contributed by atoms with Gasteiger partial charge in [-0.15, -0.1) is 11.3 Å². The minimum atomic E-state index is -2.93. The number of carbonyl (C=O) groups is 1. The lowest BCUT2D eigenvalue weighted by atomic mass is 10.1. The fraction of sp³-hybridized carbons (Fsp3) is 0.200. The maximum Gasteiger partial charge on any atom is 0.387 e. The minimum Gasteiger partial charge on any atom is -0.454 e. The number of halogens is 2. The monoisotopic (exact) mass is 418 g/mol. The van der Waals surface area contributed by atoms with Crippen LogP contribution in [0.4, 0.5) is 13.9 Å². The predicted molar refractivity (Wildman–Crippen MR) is 104 cm³/mol. The standard InChI is InChI=1S/C20H16F2N2O4S/c21-19(22)28-15-4-2-1-3-13(15)14-10-29-20(23-14)24-18(25)8-6-12-5-7-16-17(9-12)27-11-26-16/h1-5,7,9-10,19H,6,8,11H2,(H,23,24,25). The van der Waals surface area contributed by atoms with Gasteiger partial charge in [-0.2, -0.15) is 8.78 Å². The van der Waals surface area contributed by atoms with E-state index in [0.29, 0.717) is 34.3 Å². The average molecular weight is 418 g/mol. The molecular weight excluding hydrogens is 402 g/mol. The van der Waals surface area contributed by atoms with Crippen molar-refractivity contribution in [1.82, 2.24) is 4.98 Å². The highest BCUT2D eigenvalue weighted by atomic mass is 32.1. The number of alkyl halides is 2. The molecule has 29 heavy (non-hydrogen) atoms. The number of hydrogen-bond donors (Lipinski definition) is 1. The lowest BCUT2D eigenvalue weighted by Crippen LogP contribution is -2.12. The maximum absolute atomic E-state index is 12.6. The second kappa shape index (κ2) is 8.44. The largest absolute Gasteiger partial charge is 0.454 e. The van der Waals surface area contributed by atoms with Crippen LogP contribution in [0.3, 0.4) is 0 Å². The van der Waals surface area contributed by atoms with E-state index in [4.69, 9.17) is 9.47 Å². The van der Waals surface area contributed by atoms with Crippen LogP contribution in [0, 0.1) is 0 Å². The number of benzene rings is 2. The van der Waals surface area contributed by atoms with Gasteiger partial charge in [-0.25, -0.2) is 4.98 Å². The Hall–Kier alpha value is -3.20. The number of thiazole rings is 1. The summed E-state index contributed by atoms with van der Waals surface area (Å²) in [6.45, 7) is -2.72. The Morgan fingerprint density at radius 3 is 2.90 bits per heavy atom. The number of hydrogen-bond acceptors (Lipinski definition) is 6. The quantitative estimate of drug-likeness (QED) is 0.602. The maximum atomic E-state index is 12.6. The van der Waals surface area contributed by atoms with E-state index in [9.17, 15) is 13.6 Å². The molecule has 1 aliphatic heterocycles. The van der Waals surface area contributed by atoms with Gasteiger partial charge in [-0.1, -0.05) is 18.2 Å². The Balaban J connectivity index is 1.37. The molecule has 2 heterocycles. The van der Waals surface area contributed by atoms with E-state index < -0.39 is 6.61 Å². The predicted octanol–water partition coefficient (Wildman–Crippen LogP) is 4.71. The summed E-state index contributed by atoms with van der Waals surface area (Å²) in [6.07, 6.45) is 0.797. The van der Waals surface area contributed by atoms with E-state index in [1.807, 2.05) is 18.2 Å². The summed E-state index contributed by atoms with van der Waals surface area (Å²) < 4.78 is 40.3. The van der Waals surface area contributed by atoms with E-state index >= 15 is 0 Å². The third-order valence-electron chi connectivity index (χ3n) is 4.21. The number of aromatic nitrogens is 1. The molecule has 1 aromatic heterocycles. The Labute approximate surface area is 169 Å². The molecule has 0 saturated carbocycles. The van der Waals surface area contributed by atoms with E-state index in [-0.39, 0.29) is 24.9 Å². The van der Waals surface area contributed by atoms with Crippen molar-refractivity contribution >= 4 is 22.4 Å². The fourth-order valence-electron chi connectivity index (χ4n) is 2.87. The molecule has 4 rings (SSSR count). The second-order valence-corrected chi connectivity index (χ2v) is 7.01. The van der Waals surface area contributed by atoms with Crippen molar-refractivity contribution in [1.29, 1.82) is 0 Å². The summed E-state index contributed by atoms with van der Waals surface area (Å²) in [7, 11) is 0. The number of nitrogens with one attached hydrogen (secondary N) is 1. The molecule has 3 aromatic rings. The SMILES string of the molecule is O=C(CCc1ccc2c(c1)OCO2)Nc1nc(-c2ccccc2OC(F)F)cs1. The molecule has 0 atom stereocenters. The van der Waals surface area contributed by atoms with Crippen molar-refractivity contribution in [2.24, 2.45) is 0 Å². The van der Waals surface area contributed by atoms with Crippen molar-refractivity contribution in [3.8, 4) is 28.5 Å². The van der Waals surface area contributed by atoms with Crippen LogP contribution in [-0.2, 0) is 11.2 Å². The van der Waals surface area contributed by atoms with Gasteiger partial charge in [-0.3, -0.25) is 4.79 Å². The Bertz CT molecular complexity index is 1030. The molecule has 1 N–H and O–H groups in total. The summed E-state index contributed by atoms with van der Waals surface area (Å²) >= 11 is 1.22. The molecule has 6 nitrogen and oxygen atoms in total. The molecule has 0 bridgehead atoms. The summed E-state index contributed by atoms with van der Waals surface area (Å²) in [5.41, 5.74) is 1.85. The number of amides is 1. The average Bonchev–Trinajstić information content (AvgIpc) is 3.35. The van der Waals surface area contributed by atoms with Crippen LogP contribution in [-0.4, -0.2) is 24.3 Å². The Morgan fingerprint density at radius 1 is 1.21 bits per heavy atom. The third kappa shape index (κ3) is 4.62. The lowest BCUT2D eigenvalue weighted by Gasteiger charge is -2.08. The number of nitrogens with zero attached hydrogens (tertiary/aromatic N) is 1. The molecule has 9 heteroatoms. The molecule has 2 aromatic carbocycles. The topological polar surface area (TPSA) is 69.7 Å². The fourth-order valence-corrected chi connectivity index (χ4v) is 3.59. The van der Waals surface area contributed by atoms with Crippen molar-refractivity contribution in [3.05, 3.63) is 53.4 Å². The van der Waals surface area contributed by atoms with Crippen molar-refractivity contribution < 1.29 is 27.8 Å². The summed E-state index contributed by atoms with van der Waals surface area (Å²) in [5.74, 6) is 1.22. The first-order chi connectivity index (χ1) is 14.1. The molecule has 0 radical (unpaired) electrons. The Kier molecular flexibility index (Phi) is 5.57. The third-order valence-corrected chi connectivity index (χ3v) is 4.97. The highest BCUT2D eigenvalue weighted by molar-refractivity contribution is 7.14. The minimum absolute atomic E-state index is 0.0356. The smallest absolute Gasteiger partial charge is 0.387 e. The summed E-state index contributed by atoms with van der Waals surface area (Å²) in [5, 5.41) is 4.81. The van der Waals surface area contributed by atoms with Crippen molar-refractivity contribution in [2.75, 3.05) is 12.1 Å². The van der Waals surface area contributed by atoms with Crippen LogP contribution in [0.25, 0.3) is 11.3 Å². The normalized spacial score (nSPS) is 12.2. The number of aryl methyl sites for hydroxylation is 1. The zero-order valence-electron chi connectivity index (χ0n) is 15.1. The van der Waals surface area contributed by atoms with E-state index in [0.717, 1.165) is 5.56 Å². The lowest BCUT2D eigenvalue weighted by molar-refractivity contribution is -0.116. The first kappa shape index (κ1) is 19.1. The molecule has 0 unspecified atom stereocenters. The van der Waals surface area contributed by atoms with Gasteiger partial charge in [0.2, 0.25) is 12.7 Å². The van der Waals surface area contributed by atoms with E-state index in [2.05, 4.69) is 15.0 Å². The van der Waals surface area contributed by atoms with Crippen LogP contribution in [0.15, 0.2) is 47.8 Å². The molecule has 0 aliphatic carbocycles. The van der Waals surface area contributed by atoms with Gasteiger partial charge in [0.1, 0.15) is 5.75 Å². The molecular formula is C20H16F2N2O4S. The number of fused-ring (bicyclic) bond motifs is 1. The second-order valence-electron chi connectivity index (χ2n) is 6.15. The van der Waals surface area contributed by atoms with E-state index in [1.54, 1.807) is 23.6 Å². The van der Waals surface area contributed by atoms with Gasteiger partial charge in [0.15, 0.2) is 16.6 Å². The molecule has 150 valence electrons. The van der Waals surface area contributed by atoms with E-state index in [1.165, 1.54) is 17.4 Å². The number of rotatable bonds is 7. The van der Waals surface area contributed by atoms with Crippen LogP contribution in [0.2, 0.25) is 0 Å². The highest BCUT2D eigenvalue weighted by Crippen LogP contribution is 2.34. The van der Waals surface area contributed by atoms with Crippen LogP contribution < -0.4 is 19.5 Å². The van der Waals surface area contributed by atoms with Crippen molar-refractivity contribution in [2.45, 2.75) is 19.5 Å². The number of carbonyl (C=O) groups excluding carboxylic acids is 1. The molecule has 0 spiro atoms. The first-order valence-electron chi connectivity index (χ1n) is 8.76. The van der Waals surface area contributed by atoms with Gasteiger partial charge >= 0.3 is 6.61 Å². The number of para-hydroxylation sites is 1. The van der Waals surface area contributed by atoms with Gasteiger partial charge < -0.3 is 19.5 Å². The number of ether oxygens (including phenoxy) is 3. The molecule has 1 aliphatic rings. The molecule has 0 fully saturated rings. The highest BCUT2D eigenvalue weighted by Gasteiger charge is 2.16. The van der Waals surface area contributed by atoms with Gasteiger partial charge in [-0.05, 0) is 36.2 Å². The zero-order valence-corrected chi connectivity index (χ0v) is 15.9. The van der Waals surface area contributed by atoms with Crippen LogP contribution >= 0.6 is 11.3 Å². The van der Waals surface area contributed by atoms with Crippen LogP contribution in [0.1, 0.15) is 12.0 Å². The van der Waals surface area contributed by atoms with Gasteiger partial charge in [0.05, 0.1) is 5.69 Å². The zero-order chi connectivity index (χ0) is 20.2. The Morgan fingerprint density at radius 2 is 2.03 bits per heavy atom. The van der Waals surface area contributed by atoms with Gasteiger partial charge in [0, 0.05) is 17.4 Å².